The summed E-state index contributed by atoms with van der Waals surface area (Å²) < 4.78 is 4.82. The molecule has 5 nitrogen and oxygen atoms in total. The van der Waals surface area contributed by atoms with Crippen molar-refractivity contribution >= 4 is 55.3 Å². The summed E-state index contributed by atoms with van der Waals surface area (Å²) in [5.41, 5.74) is 12.2. The molecule has 11 rings (SSSR count). The molecule has 56 heavy (non-hydrogen) atoms. The highest BCUT2D eigenvalue weighted by atomic mass is 15.3. The number of nitrogens with zero attached hydrogens (tertiary/aromatic N) is 4. The smallest absolute Gasteiger partial charge is 0.204 e. The van der Waals surface area contributed by atoms with Gasteiger partial charge < -0.3 is 9.88 Å². The minimum atomic E-state index is -0.513. The van der Waals surface area contributed by atoms with Crippen LogP contribution in [0, 0.1) is 0 Å². The molecule has 0 fully saturated rings. The van der Waals surface area contributed by atoms with Crippen molar-refractivity contribution in [2.24, 2.45) is 9.98 Å². The van der Waals surface area contributed by atoms with E-state index in [4.69, 9.17) is 9.98 Å². The molecule has 8 aromatic carbocycles. The second-order valence-electron chi connectivity index (χ2n) is 14.2. The van der Waals surface area contributed by atoms with Crippen LogP contribution in [0.4, 0.5) is 0 Å². The number of amidine groups is 2. The zero-order valence-corrected chi connectivity index (χ0v) is 30.4. The van der Waals surface area contributed by atoms with Gasteiger partial charge in [0.05, 0.1) is 22.1 Å². The first-order chi connectivity index (χ1) is 27.8. The van der Waals surface area contributed by atoms with Crippen LogP contribution in [0.3, 0.4) is 0 Å². The summed E-state index contributed by atoms with van der Waals surface area (Å²) in [4.78, 5) is 10.7. The van der Waals surface area contributed by atoms with Crippen molar-refractivity contribution in [3.8, 4) is 27.9 Å². The highest BCUT2D eigenvalue weighted by Crippen LogP contribution is 2.42. The van der Waals surface area contributed by atoms with Crippen molar-refractivity contribution in [1.29, 1.82) is 0 Å². The van der Waals surface area contributed by atoms with Crippen LogP contribution in [0.2, 0.25) is 0 Å². The number of aliphatic imine (C=N–C) groups is 2. The molecule has 0 spiro atoms. The van der Waals surface area contributed by atoms with Gasteiger partial charge >= 0.3 is 0 Å². The highest BCUT2D eigenvalue weighted by molar-refractivity contribution is 6.23. The van der Waals surface area contributed by atoms with Crippen molar-refractivity contribution < 1.29 is 0 Å². The molecular formula is C51H35N5. The molecule has 1 atom stereocenters. The molecule has 3 heterocycles. The van der Waals surface area contributed by atoms with Crippen LogP contribution >= 0.6 is 0 Å². The Morgan fingerprint density at radius 3 is 1.61 bits per heavy atom. The fraction of sp³-hybridized carbons (Fsp3) is 0.0196. The van der Waals surface area contributed by atoms with Gasteiger partial charge in [0.1, 0.15) is 5.84 Å². The lowest BCUT2D eigenvalue weighted by molar-refractivity contribution is 0.516. The topological polar surface area (TPSA) is 46.6 Å². The van der Waals surface area contributed by atoms with Crippen LogP contribution in [0.25, 0.3) is 71.6 Å². The maximum Gasteiger partial charge on any atom is 0.204 e. The minimum absolute atomic E-state index is 0.513. The Morgan fingerprint density at radius 2 is 0.911 bits per heavy atom. The van der Waals surface area contributed by atoms with Crippen LogP contribution in [-0.2, 0) is 0 Å². The van der Waals surface area contributed by atoms with Crippen molar-refractivity contribution in [2.75, 3.05) is 0 Å². The van der Waals surface area contributed by atoms with Gasteiger partial charge in [-0.2, -0.15) is 0 Å². The average Bonchev–Trinajstić information content (AvgIpc) is 3.80. The van der Waals surface area contributed by atoms with E-state index in [2.05, 4.69) is 196 Å². The number of hydrogen-bond donors (Lipinski definition) is 1. The first-order valence-corrected chi connectivity index (χ1v) is 19.0. The molecule has 1 aliphatic rings. The molecule has 0 aliphatic carbocycles. The molecule has 0 saturated carbocycles. The third-order valence-electron chi connectivity index (χ3n) is 11.0. The first kappa shape index (κ1) is 32.0. The number of hydrogen-bond acceptors (Lipinski definition) is 3. The van der Waals surface area contributed by atoms with Crippen molar-refractivity contribution in [1.82, 2.24) is 14.5 Å². The largest absolute Gasteiger partial charge is 0.331 e. The van der Waals surface area contributed by atoms with Crippen LogP contribution in [0.1, 0.15) is 17.4 Å². The molecule has 1 aliphatic heterocycles. The Kier molecular flexibility index (Phi) is 7.49. The summed E-state index contributed by atoms with van der Waals surface area (Å²) in [7, 11) is 0. The molecule has 2 aromatic heterocycles. The number of benzene rings is 8. The van der Waals surface area contributed by atoms with Gasteiger partial charge in [0, 0.05) is 38.4 Å². The third-order valence-corrected chi connectivity index (χ3v) is 11.0. The highest BCUT2D eigenvalue weighted by Gasteiger charge is 2.28. The standard InChI is InChI=1S/C51H35N5/c1-4-16-34(17-5-1)35-28-30-38(31-29-35)55-45-26-14-12-23-40(45)42-32-33-43-41-24-13-15-27-46(41)56(48(43)47(42)55)51-53-49(37-20-8-3-9-21-37)52-50(54-51)44-25-11-10-22-39(44)36-18-6-2-7-19-36/h1-33,51H,(H,52,53,54). The summed E-state index contributed by atoms with van der Waals surface area (Å²) in [5.74, 6) is 1.46. The minimum Gasteiger partial charge on any atom is -0.331 e. The van der Waals surface area contributed by atoms with Gasteiger partial charge in [-0.3, -0.25) is 4.57 Å². The first-order valence-electron chi connectivity index (χ1n) is 19.0. The molecule has 1 unspecified atom stereocenters. The van der Waals surface area contributed by atoms with Crippen LogP contribution in [-0.4, -0.2) is 20.8 Å². The predicted octanol–water partition coefficient (Wildman–Crippen LogP) is 12.2. The van der Waals surface area contributed by atoms with E-state index in [-0.39, 0.29) is 0 Å². The number of rotatable bonds is 6. The second-order valence-corrected chi connectivity index (χ2v) is 14.2. The summed E-state index contributed by atoms with van der Waals surface area (Å²) in [6.07, 6.45) is -0.513. The Labute approximate surface area is 324 Å². The van der Waals surface area contributed by atoms with E-state index in [1.807, 2.05) is 18.2 Å². The average molecular weight is 718 g/mol. The Balaban J connectivity index is 1.19. The van der Waals surface area contributed by atoms with E-state index >= 15 is 0 Å². The molecule has 0 bridgehead atoms. The van der Waals surface area contributed by atoms with Crippen molar-refractivity contribution in [2.45, 2.75) is 6.29 Å². The molecule has 5 heteroatoms. The maximum atomic E-state index is 5.45. The van der Waals surface area contributed by atoms with E-state index in [0.29, 0.717) is 5.84 Å². The molecule has 264 valence electrons. The summed E-state index contributed by atoms with van der Waals surface area (Å²) >= 11 is 0. The van der Waals surface area contributed by atoms with Gasteiger partial charge in [-0.1, -0.05) is 176 Å². The fourth-order valence-electron chi connectivity index (χ4n) is 8.47. The molecule has 10 aromatic rings. The van der Waals surface area contributed by atoms with Crippen molar-refractivity contribution in [3.05, 3.63) is 211 Å². The van der Waals surface area contributed by atoms with Gasteiger partial charge in [0.25, 0.3) is 0 Å². The Bertz CT molecular complexity index is 3140. The van der Waals surface area contributed by atoms with Crippen LogP contribution < -0.4 is 5.32 Å². The zero-order chi connectivity index (χ0) is 37.0. The lowest BCUT2D eigenvalue weighted by atomic mass is 9.98. The Hall–Kier alpha value is -7.50. The van der Waals surface area contributed by atoms with Gasteiger partial charge in [-0.05, 0) is 46.5 Å². The number of para-hydroxylation sites is 2. The molecular weight excluding hydrogens is 683 g/mol. The van der Waals surface area contributed by atoms with Gasteiger partial charge in [0.2, 0.25) is 6.29 Å². The third kappa shape index (κ3) is 5.17. The number of nitrogens with one attached hydrogen (secondary N) is 1. The molecule has 0 amide bonds. The SMILES string of the molecule is c1ccc(C2=NC(n3c4ccccc4c4ccc5c6ccccc6n(-c6ccc(-c7ccccc7)cc6)c5c43)NC(c3ccccc3-c3ccccc3)=N2)cc1. The summed E-state index contributed by atoms with van der Waals surface area (Å²) in [6, 6.07) is 70.9. The molecule has 1 N–H and O–H groups in total. The summed E-state index contributed by atoms with van der Waals surface area (Å²) in [6.45, 7) is 0. The maximum absolute atomic E-state index is 5.45. The van der Waals surface area contributed by atoms with E-state index in [0.717, 1.165) is 55.8 Å². The fourth-order valence-corrected chi connectivity index (χ4v) is 8.47. The lowest BCUT2D eigenvalue weighted by Crippen LogP contribution is -2.37. The predicted molar refractivity (Wildman–Crippen MR) is 233 cm³/mol. The van der Waals surface area contributed by atoms with Gasteiger partial charge in [0.15, 0.2) is 5.84 Å². The number of aromatic nitrogens is 2. The number of fused-ring (bicyclic) bond motifs is 7. The van der Waals surface area contributed by atoms with E-state index in [9.17, 15) is 0 Å². The van der Waals surface area contributed by atoms with Crippen LogP contribution in [0.15, 0.2) is 210 Å². The van der Waals surface area contributed by atoms with E-state index in [1.165, 1.54) is 32.7 Å². The van der Waals surface area contributed by atoms with E-state index < -0.39 is 6.29 Å². The van der Waals surface area contributed by atoms with Gasteiger partial charge in [-0.25, -0.2) is 9.98 Å². The van der Waals surface area contributed by atoms with Crippen molar-refractivity contribution in [3.63, 3.8) is 0 Å². The van der Waals surface area contributed by atoms with E-state index in [1.54, 1.807) is 0 Å². The quantitative estimate of drug-likeness (QED) is 0.183. The van der Waals surface area contributed by atoms with Crippen LogP contribution in [0.5, 0.6) is 0 Å². The molecule has 0 saturated heterocycles. The normalized spacial score (nSPS) is 14.2. The summed E-state index contributed by atoms with van der Waals surface area (Å²) in [5, 5.41) is 8.61. The molecule has 0 radical (unpaired) electrons. The second kappa shape index (κ2) is 13.1. The monoisotopic (exact) mass is 717 g/mol. The lowest BCUT2D eigenvalue weighted by Gasteiger charge is -2.27. The Morgan fingerprint density at radius 1 is 0.393 bits per heavy atom. The van der Waals surface area contributed by atoms with Gasteiger partial charge in [-0.15, -0.1) is 0 Å². The zero-order valence-electron chi connectivity index (χ0n) is 30.4.